The molecule has 0 amide bonds. The summed E-state index contributed by atoms with van der Waals surface area (Å²) in [6, 6.07) is 0. The van der Waals surface area contributed by atoms with Crippen LogP contribution in [0.25, 0.3) is 0 Å². The summed E-state index contributed by atoms with van der Waals surface area (Å²) in [5, 5.41) is 18.5. The molecule has 3 fully saturated rings. The minimum atomic E-state index is -1.62. The van der Waals surface area contributed by atoms with Crippen LogP contribution >= 0.6 is 0 Å². The van der Waals surface area contributed by atoms with Crippen LogP contribution in [0.1, 0.15) is 71.6 Å². The van der Waals surface area contributed by atoms with Gasteiger partial charge in [-0.25, -0.2) is 0 Å². The summed E-state index contributed by atoms with van der Waals surface area (Å²) in [6.07, 6.45) is 13.9. The zero-order valence-electron chi connectivity index (χ0n) is 14.6. The Morgan fingerprint density at radius 2 is 1.91 bits per heavy atom. The molecule has 3 heteroatoms. The summed E-state index contributed by atoms with van der Waals surface area (Å²) in [7, 11) is 0. The van der Waals surface area contributed by atoms with Crippen molar-refractivity contribution in [2.45, 2.75) is 84.2 Å². The largest absolute Gasteiger partial charge is 0.346 e. The van der Waals surface area contributed by atoms with Crippen LogP contribution in [0, 0.1) is 28.6 Å². The molecule has 4 aliphatic carbocycles. The molecule has 3 nitrogen and oxygen atoms in total. The molecule has 0 aromatic carbocycles. The average molecular weight is 320 g/mol. The van der Waals surface area contributed by atoms with Gasteiger partial charge in [0.2, 0.25) is 0 Å². The van der Waals surface area contributed by atoms with Crippen LogP contribution in [-0.4, -0.2) is 22.8 Å². The van der Waals surface area contributed by atoms with Gasteiger partial charge in [0.05, 0.1) is 6.10 Å². The van der Waals surface area contributed by atoms with Crippen molar-refractivity contribution in [1.82, 2.24) is 0 Å². The van der Waals surface area contributed by atoms with Gasteiger partial charge in [0, 0.05) is 0 Å². The number of fused-ring (bicyclic) bond motifs is 5. The molecular formula is C20H32O3. The second-order valence-corrected chi connectivity index (χ2v) is 9.04. The maximum atomic E-state index is 9.27. The van der Waals surface area contributed by atoms with Crippen LogP contribution in [0.5, 0.6) is 0 Å². The first-order chi connectivity index (χ1) is 10.9. The first-order valence-corrected chi connectivity index (χ1v) is 9.66. The van der Waals surface area contributed by atoms with Gasteiger partial charge in [-0.2, -0.15) is 0 Å². The smallest absolute Gasteiger partial charge is 0.266 e. The quantitative estimate of drug-likeness (QED) is 0.597. The predicted octanol–water partition coefficient (Wildman–Crippen LogP) is 3.99. The highest BCUT2D eigenvalue weighted by Crippen LogP contribution is 2.65. The van der Waals surface area contributed by atoms with Crippen molar-refractivity contribution in [2.24, 2.45) is 28.6 Å². The van der Waals surface area contributed by atoms with Gasteiger partial charge < -0.3 is 14.9 Å². The zero-order chi connectivity index (χ0) is 16.2. The Morgan fingerprint density at radius 3 is 2.70 bits per heavy atom. The molecule has 2 N–H and O–H groups in total. The van der Waals surface area contributed by atoms with Gasteiger partial charge in [-0.15, -0.1) is 0 Å². The molecule has 0 heterocycles. The summed E-state index contributed by atoms with van der Waals surface area (Å²) in [5.74, 6) is 2.28. The normalized spacial score (nSPS) is 49.3. The molecule has 0 spiro atoms. The Bertz CT molecular complexity index is 499. The molecule has 130 valence electrons. The maximum absolute atomic E-state index is 9.27. The number of rotatable bonds is 2. The van der Waals surface area contributed by atoms with Crippen LogP contribution in [-0.2, 0) is 4.74 Å². The zero-order valence-corrected chi connectivity index (χ0v) is 14.6. The highest BCUT2D eigenvalue weighted by molar-refractivity contribution is 5.24. The number of aliphatic hydroxyl groups is 2. The van der Waals surface area contributed by atoms with E-state index >= 15 is 0 Å². The summed E-state index contributed by atoms with van der Waals surface area (Å²) < 4.78 is 5.49. The fraction of sp³-hybridized carbons (Fsp3) is 0.900. The van der Waals surface area contributed by atoms with Gasteiger partial charge in [0.1, 0.15) is 0 Å². The highest BCUT2D eigenvalue weighted by Gasteiger charge is 2.58. The van der Waals surface area contributed by atoms with Crippen LogP contribution < -0.4 is 0 Å². The van der Waals surface area contributed by atoms with E-state index in [0.717, 1.165) is 18.3 Å². The molecule has 4 rings (SSSR count). The number of allylic oxidation sites excluding steroid dienone is 2. The first kappa shape index (κ1) is 16.1. The highest BCUT2D eigenvalue weighted by atomic mass is 16.7. The van der Waals surface area contributed by atoms with E-state index in [1.165, 1.54) is 51.4 Å². The molecule has 0 saturated heterocycles. The third kappa shape index (κ3) is 2.34. The van der Waals surface area contributed by atoms with Gasteiger partial charge in [-0.1, -0.05) is 31.9 Å². The molecule has 0 radical (unpaired) electrons. The summed E-state index contributed by atoms with van der Waals surface area (Å²) in [5.41, 5.74) is 2.32. The van der Waals surface area contributed by atoms with Crippen molar-refractivity contribution in [3.8, 4) is 0 Å². The lowest BCUT2D eigenvalue weighted by Gasteiger charge is -2.57. The summed E-state index contributed by atoms with van der Waals surface area (Å²) >= 11 is 0. The lowest BCUT2D eigenvalue weighted by atomic mass is 9.48. The molecule has 0 aromatic rings. The van der Waals surface area contributed by atoms with E-state index in [0.29, 0.717) is 11.3 Å². The molecule has 4 aliphatic rings. The number of aliphatic hydroxyl groups excluding tert-OH is 1. The predicted molar refractivity (Wildman–Crippen MR) is 89.4 cm³/mol. The van der Waals surface area contributed by atoms with Gasteiger partial charge >= 0.3 is 0 Å². The van der Waals surface area contributed by atoms with E-state index in [1.54, 1.807) is 5.57 Å². The number of hydrogen-bond donors (Lipinski definition) is 2. The minimum absolute atomic E-state index is 0.0120. The van der Waals surface area contributed by atoms with Crippen molar-refractivity contribution < 1.29 is 14.9 Å². The number of hydrogen-bond acceptors (Lipinski definition) is 3. The van der Waals surface area contributed by atoms with Crippen molar-refractivity contribution in [2.75, 3.05) is 0 Å². The van der Waals surface area contributed by atoms with Crippen molar-refractivity contribution >= 4 is 0 Å². The van der Waals surface area contributed by atoms with Crippen LogP contribution in [0.2, 0.25) is 0 Å². The van der Waals surface area contributed by atoms with Gasteiger partial charge in [0.15, 0.2) is 0 Å². The van der Waals surface area contributed by atoms with Crippen molar-refractivity contribution in [1.29, 1.82) is 0 Å². The first-order valence-electron chi connectivity index (χ1n) is 9.66. The van der Waals surface area contributed by atoms with Gasteiger partial charge in [-0.3, -0.25) is 0 Å². The Labute approximate surface area is 140 Å². The molecule has 0 aliphatic heterocycles. The van der Waals surface area contributed by atoms with E-state index in [1.807, 2.05) is 0 Å². The van der Waals surface area contributed by atoms with E-state index in [9.17, 15) is 10.2 Å². The molecule has 0 bridgehead atoms. The molecular weight excluding hydrogens is 288 g/mol. The van der Waals surface area contributed by atoms with Crippen molar-refractivity contribution in [3.05, 3.63) is 11.6 Å². The summed E-state index contributed by atoms with van der Waals surface area (Å²) in [6.45, 7) is 3.26. The van der Waals surface area contributed by atoms with Gasteiger partial charge in [0.25, 0.3) is 6.48 Å². The van der Waals surface area contributed by atoms with E-state index in [-0.39, 0.29) is 11.5 Å². The third-order valence-corrected chi connectivity index (χ3v) is 8.22. The second kappa shape index (κ2) is 5.57. The fourth-order valence-electron chi connectivity index (χ4n) is 7.02. The second-order valence-electron chi connectivity index (χ2n) is 9.04. The standard InChI is InChI=1S/C20H32O3/c1-19-11-4-3-5-13(19)6-7-14-15-8-9-17(23-18(21)22)20(15,2)12-10-16(14)19/h6,14-18,21-22H,3-5,7-12H2,1-2H3/t14-,15-,16-,17-,19-,20-/m0/s1. The van der Waals surface area contributed by atoms with E-state index in [2.05, 4.69) is 19.9 Å². The molecule has 0 aromatic heterocycles. The molecule has 3 saturated carbocycles. The number of ether oxygens (including phenoxy) is 1. The SMILES string of the molecule is C[C@]12CC[C@H]3[C@@H](CC=C4CCCC[C@@]43C)[C@@H]1CC[C@@H]2OC(O)O. The fourth-order valence-corrected chi connectivity index (χ4v) is 7.02. The topological polar surface area (TPSA) is 49.7 Å². The molecule has 6 atom stereocenters. The van der Waals surface area contributed by atoms with Crippen LogP contribution in [0.15, 0.2) is 11.6 Å². The monoisotopic (exact) mass is 320 g/mol. The van der Waals surface area contributed by atoms with Crippen molar-refractivity contribution in [3.63, 3.8) is 0 Å². The summed E-state index contributed by atoms with van der Waals surface area (Å²) in [4.78, 5) is 0. The van der Waals surface area contributed by atoms with Gasteiger partial charge in [-0.05, 0) is 80.0 Å². The Balaban J connectivity index is 1.61. The lowest BCUT2D eigenvalue weighted by Crippen LogP contribution is -2.51. The Morgan fingerprint density at radius 1 is 1.09 bits per heavy atom. The maximum Gasteiger partial charge on any atom is 0.266 e. The third-order valence-electron chi connectivity index (χ3n) is 8.22. The van der Waals surface area contributed by atoms with Crippen LogP contribution in [0.3, 0.4) is 0 Å². The Kier molecular flexibility index (Phi) is 3.90. The minimum Gasteiger partial charge on any atom is -0.346 e. The van der Waals surface area contributed by atoms with Crippen LogP contribution in [0.4, 0.5) is 0 Å². The molecule has 0 unspecified atom stereocenters. The van der Waals surface area contributed by atoms with E-state index < -0.39 is 6.48 Å². The average Bonchev–Trinajstić information content (AvgIpc) is 2.83. The van der Waals surface area contributed by atoms with E-state index in [4.69, 9.17) is 4.74 Å². The Hall–Kier alpha value is -0.380. The lowest BCUT2D eigenvalue weighted by molar-refractivity contribution is -0.274. The molecule has 23 heavy (non-hydrogen) atoms.